The van der Waals surface area contributed by atoms with E-state index in [1.807, 2.05) is 31.2 Å². The zero-order valence-corrected chi connectivity index (χ0v) is 17.1. The van der Waals surface area contributed by atoms with Gasteiger partial charge < -0.3 is 10.0 Å². The molecule has 0 spiro atoms. The third-order valence-corrected chi connectivity index (χ3v) is 6.74. The highest BCUT2D eigenvalue weighted by atomic mass is 19.1. The molecule has 1 N–H and O–H groups in total. The Hall–Kier alpha value is -2.80. The summed E-state index contributed by atoms with van der Waals surface area (Å²) in [7, 11) is 0. The zero-order chi connectivity index (χ0) is 21.3. The molecule has 4 aliphatic rings. The highest BCUT2D eigenvalue weighted by molar-refractivity contribution is 6.06. The van der Waals surface area contributed by atoms with Crippen molar-refractivity contribution < 1.29 is 19.1 Å². The topological polar surface area (TPSA) is 73.7 Å². The number of aromatic nitrogens is 1. The van der Waals surface area contributed by atoms with E-state index in [0.29, 0.717) is 31.4 Å². The maximum absolute atomic E-state index is 14.6. The molecule has 0 unspecified atom stereocenters. The first-order valence-electron chi connectivity index (χ1n) is 10.2. The number of carbonyl (C=O) groups excluding carboxylic acids is 2. The van der Waals surface area contributed by atoms with Crippen LogP contribution in [-0.4, -0.2) is 45.0 Å². The zero-order valence-electron chi connectivity index (χ0n) is 17.1. The fraction of sp³-hybridized carbons (Fsp3) is 0.435. The van der Waals surface area contributed by atoms with Crippen molar-refractivity contribution in [3.8, 4) is 0 Å². The van der Waals surface area contributed by atoms with Gasteiger partial charge in [0.15, 0.2) is 11.6 Å². The molecular formula is C23H24FN3O3. The number of hydrogen-bond acceptors (Lipinski definition) is 4. The van der Waals surface area contributed by atoms with Crippen LogP contribution in [0, 0.1) is 25.1 Å². The highest BCUT2D eigenvalue weighted by Gasteiger charge is 2.73. The van der Waals surface area contributed by atoms with Crippen LogP contribution in [0.3, 0.4) is 0 Å². The van der Waals surface area contributed by atoms with Crippen molar-refractivity contribution in [2.75, 3.05) is 11.4 Å². The van der Waals surface area contributed by atoms with E-state index in [-0.39, 0.29) is 24.2 Å². The minimum absolute atomic E-state index is 0.107. The standard InChI is InChI=1S/C23H24FN3O3/c1-14-3-5-16(6-4-14)9-26-18(28)10-27(20-17(24)7-15(2)8-25-20)21(29)19(26)22-11-23(30,12-22)13-22/h3-8,19,30H,9-13H2,1-2H3/t19-,22?,23?/m0/s1. The van der Waals surface area contributed by atoms with Crippen molar-refractivity contribution in [2.45, 2.75) is 51.3 Å². The summed E-state index contributed by atoms with van der Waals surface area (Å²) in [5.41, 5.74) is 1.54. The van der Waals surface area contributed by atoms with Gasteiger partial charge in [-0.2, -0.15) is 0 Å². The molecule has 3 saturated carbocycles. The van der Waals surface area contributed by atoms with Crippen LogP contribution in [0.5, 0.6) is 0 Å². The van der Waals surface area contributed by atoms with Crippen LogP contribution in [-0.2, 0) is 16.1 Å². The van der Waals surface area contributed by atoms with Gasteiger partial charge in [0.1, 0.15) is 12.6 Å². The van der Waals surface area contributed by atoms with Crippen molar-refractivity contribution in [1.82, 2.24) is 9.88 Å². The normalized spacial score (nSPS) is 30.2. The molecule has 1 aliphatic heterocycles. The lowest BCUT2D eigenvalue weighted by molar-refractivity contribution is -0.280. The molecule has 156 valence electrons. The monoisotopic (exact) mass is 409 g/mol. The maximum atomic E-state index is 14.6. The fourth-order valence-corrected chi connectivity index (χ4v) is 5.40. The summed E-state index contributed by atoms with van der Waals surface area (Å²) < 4.78 is 14.6. The van der Waals surface area contributed by atoms with E-state index in [1.165, 1.54) is 17.2 Å². The van der Waals surface area contributed by atoms with Crippen LogP contribution >= 0.6 is 0 Å². The summed E-state index contributed by atoms with van der Waals surface area (Å²) in [5, 5.41) is 10.3. The van der Waals surface area contributed by atoms with Gasteiger partial charge >= 0.3 is 0 Å². The van der Waals surface area contributed by atoms with E-state index in [9.17, 15) is 19.1 Å². The fourth-order valence-electron chi connectivity index (χ4n) is 5.40. The van der Waals surface area contributed by atoms with E-state index < -0.39 is 22.9 Å². The Kier molecular flexibility index (Phi) is 4.06. The Morgan fingerprint density at radius 2 is 1.80 bits per heavy atom. The van der Waals surface area contributed by atoms with E-state index in [4.69, 9.17) is 0 Å². The van der Waals surface area contributed by atoms with Gasteiger partial charge in [0.05, 0.1) is 5.60 Å². The minimum Gasteiger partial charge on any atom is -0.390 e. The van der Waals surface area contributed by atoms with Crippen molar-refractivity contribution in [1.29, 1.82) is 0 Å². The number of carbonyl (C=O) groups is 2. The number of aryl methyl sites for hydroxylation is 2. The van der Waals surface area contributed by atoms with Gasteiger partial charge in [-0.05, 0) is 50.3 Å². The average Bonchev–Trinajstić information content (AvgIpc) is 2.64. The lowest BCUT2D eigenvalue weighted by Crippen LogP contribution is -2.78. The number of benzene rings is 1. The Morgan fingerprint density at radius 3 is 2.40 bits per heavy atom. The van der Waals surface area contributed by atoms with Gasteiger partial charge in [0.2, 0.25) is 5.91 Å². The number of rotatable bonds is 4. The molecule has 2 heterocycles. The SMILES string of the molecule is Cc1ccc(CN2C(=O)CN(c3ncc(C)cc3F)C(=O)[C@H]2C23CC(O)(C2)C3)cc1. The summed E-state index contributed by atoms with van der Waals surface area (Å²) in [6, 6.07) is 8.44. The number of nitrogens with zero attached hydrogens (tertiary/aromatic N) is 3. The van der Waals surface area contributed by atoms with E-state index >= 15 is 0 Å². The van der Waals surface area contributed by atoms with Crippen molar-refractivity contribution >= 4 is 17.6 Å². The van der Waals surface area contributed by atoms with Gasteiger partial charge in [0, 0.05) is 18.2 Å². The first kappa shape index (κ1) is 19.2. The molecule has 3 aliphatic carbocycles. The summed E-state index contributed by atoms with van der Waals surface area (Å²) in [5.74, 6) is -1.28. The lowest BCUT2D eigenvalue weighted by atomic mass is 9.38. The number of aliphatic hydroxyl groups is 1. The van der Waals surface area contributed by atoms with Crippen molar-refractivity contribution in [3.63, 3.8) is 0 Å². The maximum Gasteiger partial charge on any atom is 0.252 e. The van der Waals surface area contributed by atoms with Crippen LogP contribution in [0.1, 0.15) is 36.0 Å². The van der Waals surface area contributed by atoms with Gasteiger partial charge in [-0.3, -0.25) is 14.5 Å². The smallest absolute Gasteiger partial charge is 0.252 e. The first-order chi connectivity index (χ1) is 14.2. The molecular weight excluding hydrogens is 385 g/mol. The Balaban J connectivity index is 1.50. The molecule has 30 heavy (non-hydrogen) atoms. The van der Waals surface area contributed by atoms with Crippen molar-refractivity contribution in [2.24, 2.45) is 5.41 Å². The largest absolute Gasteiger partial charge is 0.390 e. The molecule has 2 aromatic rings. The number of halogens is 1. The van der Waals surface area contributed by atoms with Gasteiger partial charge in [-0.15, -0.1) is 0 Å². The summed E-state index contributed by atoms with van der Waals surface area (Å²) in [4.78, 5) is 33.7. The number of hydrogen-bond donors (Lipinski definition) is 1. The molecule has 4 fully saturated rings. The Morgan fingerprint density at radius 1 is 1.13 bits per heavy atom. The molecule has 7 heteroatoms. The Bertz CT molecular complexity index is 1030. The number of piperazine rings is 1. The van der Waals surface area contributed by atoms with Gasteiger partial charge in [-0.25, -0.2) is 9.37 Å². The number of amides is 2. The van der Waals surface area contributed by atoms with Gasteiger partial charge in [0.25, 0.3) is 5.91 Å². The summed E-state index contributed by atoms with van der Waals surface area (Å²) >= 11 is 0. The lowest BCUT2D eigenvalue weighted by Gasteiger charge is -2.71. The summed E-state index contributed by atoms with van der Waals surface area (Å²) in [6.45, 7) is 3.78. The molecule has 1 saturated heterocycles. The van der Waals surface area contributed by atoms with Crippen LogP contribution in [0.15, 0.2) is 36.5 Å². The minimum atomic E-state index is -0.725. The predicted molar refractivity (Wildman–Crippen MR) is 108 cm³/mol. The molecule has 1 aromatic carbocycles. The van der Waals surface area contributed by atoms with E-state index in [2.05, 4.69) is 4.98 Å². The molecule has 2 amide bonds. The molecule has 0 radical (unpaired) electrons. The number of anilines is 1. The Labute approximate surface area is 174 Å². The second kappa shape index (κ2) is 6.35. The second-order valence-corrected chi connectivity index (χ2v) is 9.27. The predicted octanol–water partition coefficient (Wildman–Crippen LogP) is 2.50. The van der Waals surface area contributed by atoms with Crippen LogP contribution in [0.25, 0.3) is 0 Å². The molecule has 1 atom stereocenters. The van der Waals surface area contributed by atoms with Gasteiger partial charge in [-0.1, -0.05) is 29.8 Å². The van der Waals surface area contributed by atoms with Crippen LogP contribution < -0.4 is 4.90 Å². The third kappa shape index (κ3) is 2.83. The number of pyridine rings is 1. The van der Waals surface area contributed by atoms with E-state index in [0.717, 1.165) is 11.1 Å². The molecule has 1 aromatic heterocycles. The van der Waals surface area contributed by atoms with Crippen LogP contribution in [0.4, 0.5) is 10.2 Å². The van der Waals surface area contributed by atoms with Crippen LogP contribution in [0.2, 0.25) is 0 Å². The third-order valence-electron chi connectivity index (χ3n) is 6.74. The first-order valence-corrected chi connectivity index (χ1v) is 10.2. The summed E-state index contributed by atoms with van der Waals surface area (Å²) in [6.07, 6.45) is 2.97. The molecule has 6 rings (SSSR count). The highest BCUT2D eigenvalue weighted by Crippen LogP contribution is 2.70. The quantitative estimate of drug-likeness (QED) is 0.842. The average molecular weight is 409 g/mol. The van der Waals surface area contributed by atoms with Crippen molar-refractivity contribution in [3.05, 3.63) is 59.0 Å². The second-order valence-electron chi connectivity index (χ2n) is 9.27. The molecule has 2 bridgehead atoms. The van der Waals surface area contributed by atoms with E-state index in [1.54, 1.807) is 11.8 Å². The molecule has 6 nitrogen and oxygen atoms in total.